The molecule has 0 fully saturated rings. The molecule has 2 N–H and O–H groups in total. The highest BCUT2D eigenvalue weighted by Gasteiger charge is 2.14. The van der Waals surface area contributed by atoms with Crippen molar-refractivity contribution in [1.29, 1.82) is 0 Å². The molecule has 0 amide bonds. The fourth-order valence-corrected chi connectivity index (χ4v) is 2.85. The van der Waals surface area contributed by atoms with Crippen molar-refractivity contribution in [3.63, 3.8) is 0 Å². The smallest absolute Gasteiger partial charge is 0.0565 e. The predicted molar refractivity (Wildman–Crippen MR) is 80.2 cm³/mol. The van der Waals surface area contributed by atoms with Crippen molar-refractivity contribution >= 4 is 11.8 Å². The van der Waals surface area contributed by atoms with Crippen LogP contribution in [-0.4, -0.2) is 6.26 Å². The minimum atomic E-state index is -0.0476. The Kier molecular flexibility index (Phi) is 4.10. The number of hydrogen-bond donors (Lipinski definition) is 1. The molecule has 0 spiro atoms. The summed E-state index contributed by atoms with van der Waals surface area (Å²) >= 11 is 1.75. The van der Waals surface area contributed by atoms with Gasteiger partial charge in [-0.2, -0.15) is 0 Å². The molecule has 0 saturated carbocycles. The SMILES string of the molecule is CSc1ccccc1C(N)c1cccc(C)c1C. The Morgan fingerprint density at radius 1 is 0.944 bits per heavy atom. The summed E-state index contributed by atoms with van der Waals surface area (Å²) in [5.74, 6) is 0. The van der Waals surface area contributed by atoms with Crippen LogP contribution in [0.3, 0.4) is 0 Å². The molecule has 2 aromatic rings. The van der Waals surface area contributed by atoms with E-state index >= 15 is 0 Å². The molecule has 0 aliphatic heterocycles. The molecule has 2 aromatic carbocycles. The highest BCUT2D eigenvalue weighted by atomic mass is 32.2. The molecule has 2 rings (SSSR count). The summed E-state index contributed by atoms with van der Waals surface area (Å²) in [4.78, 5) is 1.26. The molecule has 0 bridgehead atoms. The second kappa shape index (κ2) is 5.59. The summed E-state index contributed by atoms with van der Waals surface area (Å²) in [5.41, 5.74) is 11.5. The van der Waals surface area contributed by atoms with Crippen molar-refractivity contribution in [3.8, 4) is 0 Å². The zero-order valence-electron chi connectivity index (χ0n) is 11.1. The van der Waals surface area contributed by atoms with Gasteiger partial charge in [0, 0.05) is 4.90 Å². The van der Waals surface area contributed by atoms with E-state index in [-0.39, 0.29) is 6.04 Å². The van der Waals surface area contributed by atoms with Gasteiger partial charge < -0.3 is 5.73 Å². The van der Waals surface area contributed by atoms with Crippen molar-refractivity contribution in [2.45, 2.75) is 24.8 Å². The third-order valence-electron chi connectivity index (χ3n) is 3.46. The molecule has 0 radical (unpaired) electrons. The normalized spacial score (nSPS) is 12.4. The summed E-state index contributed by atoms with van der Waals surface area (Å²) in [6.07, 6.45) is 2.09. The van der Waals surface area contributed by atoms with E-state index in [2.05, 4.69) is 62.6 Å². The van der Waals surface area contributed by atoms with Crippen LogP contribution >= 0.6 is 11.8 Å². The number of thioether (sulfide) groups is 1. The van der Waals surface area contributed by atoms with Crippen LogP contribution in [0.5, 0.6) is 0 Å². The van der Waals surface area contributed by atoms with E-state index in [1.807, 2.05) is 0 Å². The van der Waals surface area contributed by atoms with E-state index in [1.165, 1.54) is 27.1 Å². The highest BCUT2D eigenvalue weighted by molar-refractivity contribution is 7.98. The Hall–Kier alpha value is -1.25. The maximum Gasteiger partial charge on any atom is 0.0565 e. The lowest BCUT2D eigenvalue weighted by molar-refractivity contribution is 0.837. The molecule has 0 aromatic heterocycles. The third kappa shape index (κ3) is 2.45. The number of benzene rings is 2. The number of rotatable bonds is 3. The van der Waals surface area contributed by atoms with E-state index < -0.39 is 0 Å². The van der Waals surface area contributed by atoms with E-state index in [4.69, 9.17) is 5.73 Å². The van der Waals surface area contributed by atoms with Crippen LogP contribution in [0.15, 0.2) is 47.4 Å². The van der Waals surface area contributed by atoms with Gasteiger partial charge in [0.05, 0.1) is 6.04 Å². The number of hydrogen-bond acceptors (Lipinski definition) is 2. The fourth-order valence-electron chi connectivity index (χ4n) is 2.20. The summed E-state index contributed by atoms with van der Waals surface area (Å²) < 4.78 is 0. The third-order valence-corrected chi connectivity index (χ3v) is 4.27. The van der Waals surface area contributed by atoms with Crippen molar-refractivity contribution in [2.24, 2.45) is 5.73 Å². The van der Waals surface area contributed by atoms with Crippen molar-refractivity contribution in [3.05, 3.63) is 64.7 Å². The van der Waals surface area contributed by atoms with Gasteiger partial charge in [0.15, 0.2) is 0 Å². The van der Waals surface area contributed by atoms with Crippen LogP contribution in [-0.2, 0) is 0 Å². The monoisotopic (exact) mass is 257 g/mol. The number of aryl methyl sites for hydroxylation is 1. The molecule has 1 unspecified atom stereocenters. The summed E-state index contributed by atoms with van der Waals surface area (Å²) in [7, 11) is 0. The van der Waals surface area contributed by atoms with Gasteiger partial charge in [-0.15, -0.1) is 11.8 Å². The quantitative estimate of drug-likeness (QED) is 0.839. The molecule has 1 atom stereocenters. The molecule has 94 valence electrons. The summed E-state index contributed by atoms with van der Waals surface area (Å²) in [6, 6.07) is 14.7. The lowest BCUT2D eigenvalue weighted by atomic mass is 9.93. The molecule has 1 nitrogen and oxygen atoms in total. The molecule has 0 heterocycles. The Labute approximate surface area is 113 Å². The minimum Gasteiger partial charge on any atom is -0.320 e. The average Bonchev–Trinajstić information content (AvgIpc) is 2.41. The first-order chi connectivity index (χ1) is 8.65. The van der Waals surface area contributed by atoms with Crippen LogP contribution < -0.4 is 5.73 Å². The predicted octanol–water partition coefficient (Wildman–Crippen LogP) is 4.07. The van der Waals surface area contributed by atoms with Crippen LogP contribution in [0, 0.1) is 13.8 Å². The largest absolute Gasteiger partial charge is 0.320 e. The van der Waals surface area contributed by atoms with Gasteiger partial charge in [-0.05, 0) is 48.4 Å². The summed E-state index contributed by atoms with van der Waals surface area (Å²) in [6.45, 7) is 4.28. The van der Waals surface area contributed by atoms with Gasteiger partial charge in [0.2, 0.25) is 0 Å². The first-order valence-electron chi connectivity index (χ1n) is 6.09. The Morgan fingerprint density at radius 2 is 1.61 bits per heavy atom. The fraction of sp³-hybridized carbons (Fsp3) is 0.250. The van der Waals surface area contributed by atoms with Gasteiger partial charge in [-0.3, -0.25) is 0 Å². The standard InChI is InChI=1S/C16H19NS/c1-11-7-6-9-13(12(11)2)16(17)14-8-4-5-10-15(14)18-3/h4-10,16H,17H2,1-3H3. The van der Waals surface area contributed by atoms with Gasteiger partial charge >= 0.3 is 0 Å². The van der Waals surface area contributed by atoms with Gasteiger partial charge in [0.25, 0.3) is 0 Å². The van der Waals surface area contributed by atoms with E-state index in [9.17, 15) is 0 Å². The van der Waals surface area contributed by atoms with Gasteiger partial charge in [-0.25, -0.2) is 0 Å². The molecule has 0 aliphatic rings. The Morgan fingerprint density at radius 3 is 2.33 bits per heavy atom. The molecule has 2 heteroatoms. The van der Waals surface area contributed by atoms with Crippen LogP contribution in [0.25, 0.3) is 0 Å². The van der Waals surface area contributed by atoms with Crippen LogP contribution in [0.1, 0.15) is 28.3 Å². The van der Waals surface area contributed by atoms with Crippen molar-refractivity contribution < 1.29 is 0 Å². The topological polar surface area (TPSA) is 26.0 Å². The van der Waals surface area contributed by atoms with E-state index in [1.54, 1.807) is 11.8 Å². The molecular formula is C16H19NS. The zero-order valence-corrected chi connectivity index (χ0v) is 11.9. The second-order valence-electron chi connectivity index (χ2n) is 4.51. The van der Waals surface area contributed by atoms with Crippen LogP contribution in [0.2, 0.25) is 0 Å². The first kappa shape index (κ1) is 13.2. The Bertz CT molecular complexity index is 549. The van der Waals surface area contributed by atoms with Gasteiger partial charge in [-0.1, -0.05) is 36.4 Å². The lowest BCUT2D eigenvalue weighted by Gasteiger charge is -2.19. The second-order valence-corrected chi connectivity index (χ2v) is 5.36. The van der Waals surface area contributed by atoms with Crippen molar-refractivity contribution in [2.75, 3.05) is 6.26 Å². The average molecular weight is 257 g/mol. The van der Waals surface area contributed by atoms with Crippen molar-refractivity contribution in [1.82, 2.24) is 0 Å². The lowest BCUT2D eigenvalue weighted by Crippen LogP contribution is -2.14. The van der Waals surface area contributed by atoms with E-state index in [0.717, 1.165) is 0 Å². The Balaban J connectivity index is 2.48. The minimum absolute atomic E-state index is 0.0476. The van der Waals surface area contributed by atoms with E-state index in [0.29, 0.717) is 0 Å². The molecule has 0 saturated heterocycles. The summed E-state index contributed by atoms with van der Waals surface area (Å²) in [5, 5.41) is 0. The first-order valence-corrected chi connectivity index (χ1v) is 7.32. The highest BCUT2D eigenvalue weighted by Crippen LogP contribution is 2.30. The van der Waals surface area contributed by atoms with Crippen LogP contribution in [0.4, 0.5) is 0 Å². The zero-order chi connectivity index (χ0) is 13.1. The molecule has 0 aliphatic carbocycles. The molecular weight excluding hydrogens is 238 g/mol. The van der Waals surface area contributed by atoms with Gasteiger partial charge in [0.1, 0.15) is 0 Å². The maximum atomic E-state index is 6.45. The molecule has 18 heavy (non-hydrogen) atoms. The maximum absolute atomic E-state index is 6.45. The number of nitrogens with two attached hydrogens (primary N) is 1.